The summed E-state index contributed by atoms with van der Waals surface area (Å²) < 4.78 is 5.34. The summed E-state index contributed by atoms with van der Waals surface area (Å²) in [7, 11) is 0. The molecule has 2 aromatic rings. The van der Waals surface area contributed by atoms with E-state index < -0.39 is 11.9 Å². The maximum Gasteiger partial charge on any atom is 0.374 e. The zero-order chi connectivity index (χ0) is 14.0. The van der Waals surface area contributed by atoms with E-state index in [-0.39, 0.29) is 11.5 Å². The number of amides is 1. The minimum absolute atomic E-state index is 0.0863. The Kier molecular flexibility index (Phi) is 3.66. The molecule has 19 heavy (non-hydrogen) atoms. The molecule has 0 radical (unpaired) electrons. The molecule has 1 heterocycles. The van der Waals surface area contributed by atoms with Gasteiger partial charge in [-0.25, -0.2) is 4.79 Å². The Morgan fingerprint density at radius 1 is 1.37 bits per heavy atom. The number of nitrogens with one attached hydrogen (secondary N) is 1. The molecule has 0 aliphatic rings. The zero-order valence-electron chi connectivity index (χ0n) is 9.81. The lowest BCUT2D eigenvalue weighted by atomic mass is 10.2. The van der Waals surface area contributed by atoms with E-state index in [1.165, 1.54) is 0 Å². The Morgan fingerprint density at radius 2 is 2.11 bits per heavy atom. The molecule has 1 aromatic heterocycles. The van der Waals surface area contributed by atoms with Crippen LogP contribution >= 0.6 is 15.9 Å². The topological polar surface area (TPSA) is 92.4 Å². The summed E-state index contributed by atoms with van der Waals surface area (Å²) in [6.45, 7) is 1.84. The van der Waals surface area contributed by atoms with Crippen molar-refractivity contribution in [1.29, 1.82) is 0 Å². The van der Waals surface area contributed by atoms with Crippen molar-refractivity contribution in [2.75, 3.05) is 5.32 Å². The average Bonchev–Trinajstić information content (AvgIpc) is 2.83. The molecule has 1 aromatic carbocycles. The number of aryl methyl sites for hydroxylation is 1. The van der Waals surface area contributed by atoms with Crippen LogP contribution in [0.5, 0.6) is 0 Å². The maximum absolute atomic E-state index is 11.9. The molecule has 0 fully saturated rings. The standard InChI is InChI=1S/C12H9BrN2O4/c1-6-2-3-7(13)4-8(6)14-11(16)9-5-10(12(17)18)19-15-9/h2-5H,1H3,(H,14,16)(H,17,18). The highest BCUT2D eigenvalue weighted by Gasteiger charge is 2.17. The molecule has 1 amide bonds. The third-order valence-corrected chi connectivity index (χ3v) is 2.89. The Bertz CT molecular complexity index is 651. The van der Waals surface area contributed by atoms with Gasteiger partial charge in [0.2, 0.25) is 5.76 Å². The van der Waals surface area contributed by atoms with Gasteiger partial charge in [-0.15, -0.1) is 0 Å². The SMILES string of the molecule is Cc1ccc(Br)cc1NC(=O)c1cc(C(=O)O)on1. The number of aromatic nitrogens is 1. The summed E-state index contributed by atoms with van der Waals surface area (Å²) in [5, 5.41) is 14.7. The highest BCUT2D eigenvalue weighted by Crippen LogP contribution is 2.21. The summed E-state index contributed by atoms with van der Waals surface area (Å²) in [5.41, 5.74) is 1.40. The number of benzene rings is 1. The van der Waals surface area contributed by atoms with E-state index in [2.05, 4.69) is 30.9 Å². The van der Waals surface area contributed by atoms with Crippen LogP contribution in [0.1, 0.15) is 26.6 Å². The van der Waals surface area contributed by atoms with Crippen molar-refractivity contribution >= 4 is 33.5 Å². The van der Waals surface area contributed by atoms with Crippen molar-refractivity contribution in [3.63, 3.8) is 0 Å². The number of hydrogen-bond acceptors (Lipinski definition) is 4. The van der Waals surface area contributed by atoms with Crippen molar-refractivity contribution in [2.45, 2.75) is 6.92 Å². The van der Waals surface area contributed by atoms with E-state index in [9.17, 15) is 9.59 Å². The van der Waals surface area contributed by atoms with E-state index in [0.29, 0.717) is 5.69 Å². The Labute approximate surface area is 116 Å². The highest BCUT2D eigenvalue weighted by molar-refractivity contribution is 9.10. The molecule has 7 heteroatoms. The van der Waals surface area contributed by atoms with Crippen molar-refractivity contribution in [1.82, 2.24) is 5.16 Å². The van der Waals surface area contributed by atoms with E-state index in [1.807, 2.05) is 19.1 Å². The Hall–Kier alpha value is -2.15. The van der Waals surface area contributed by atoms with Gasteiger partial charge in [0.1, 0.15) is 0 Å². The van der Waals surface area contributed by atoms with Gasteiger partial charge in [0.05, 0.1) is 0 Å². The van der Waals surface area contributed by atoms with Gasteiger partial charge in [0, 0.05) is 16.2 Å². The monoisotopic (exact) mass is 324 g/mol. The van der Waals surface area contributed by atoms with Gasteiger partial charge in [0.15, 0.2) is 5.69 Å². The smallest absolute Gasteiger partial charge is 0.374 e. The summed E-state index contributed by atoms with van der Waals surface area (Å²) in [5.74, 6) is -2.18. The van der Waals surface area contributed by atoms with Crippen LogP contribution in [-0.2, 0) is 0 Å². The highest BCUT2D eigenvalue weighted by atomic mass is 79.9. The van der Waals surface area contributed by atoms with E-state index in [0.717, 1.165) is 16.1 Å². The minimum Gasteiger partial charge on any atom is -0.475 e. The summed E-state index contributed by atoms with van der Waals surface area (Å²) in [6.07, 6.45) is 0. The largest absolute Gasteiger partial charge is 0.475 e. The van der Waals surface area contributed by atoms with E-state index >= 15 is 0 Å². The molecule has 0 saturated heterocycles. The predicted molar refractivity (Wildman–Crippen MR) is 70.3 cm³/mol. The molecular weight excluding hydrogens is 316 g/mol. The number of aromatic carboxylic acids is 1. The van der Waals surface area contributed by atoms with Crippen molar-refractivity contribution < 1.29 is 19.2 Å². The first-order valence-electron chi connectivity index (χ1n) is 5.25. The number of carboxylic acid groups (broad SMARTS) is 1. The molecule has 0 aliphatic heterocycles. The van der Waals surface area contributed by atoms with Crippen molar-refractivity contribution in [3.8, 4) is 0 Å². The van der Waals surface area contributed by atoms with Gasteiger partial charge in [-0.05, 0) is 24.6 Å². The Morgan fingerprint density at radius 3 is 2.74 bits per heavy atom. The Balaban J connectivity index is 2.20. The predicted octanol–water partition coefficient (Wildman–Crippen LogP) is 2.70. The summed E-state index contributed by atoms with van der Waals surface area (Å²) in [6, 6.07) is 6.51. The molecule has 98 valence electrons. The maximum atomic E-state index is 11.9. The minimum atomic E-state index is -1.27. The zero-order valence-corrected chi connectivity index (χ0v) is 11.4. The van der Waals surface area contributed by atoms with Crippen LogP contribution in [0.2, 0.25) is 0 Å². The van der Waals surface area contributed by atoms with Gasteiger partial charge >= 0.3 is 5.97 Å². The fraction of sp³-hybridized carbons (Fsp3) is 0.0833. The molecule has 0 aliphatic carbocycles. The molecular formula is C12H9BrN2O4. The van der Waals surface area contributed by atoms with Crippen LogP contribution in [0.4, 0.5) is 5.69 Å². The number of anilines is 1. The molecule has 0 saturated carbocycles. The number of rotatable bonds is 3. The van der Waals surface area contributed by atoms with Crippen LogP contribution in [0.3, 0.4) is 0 Å². The normalized spacial score (nSPS) is 10.2. The molecule has 6 nitrogen and oxygen atoms in total. The number of carboxylic acids is 1. The fourth-order valence-corrected chi connectivity index (χ4v) is 1.76. The summed E-state index contributed by atoms with van der Waals surface area (Å²) >= 11 is 3.30. The number of carbonyl (C=O) groups is 2. The second-order valence-electron chi connectivity index (χ2n) is 3.79. The third-order valence-electron chi connectivity index (χ3n) is 2.40. The number of hydrogen-bond donors (Lipinski definition) is 2. The molecule has 2 rings (SSSR count). The molecule has 2 N–H and O–H groups in total. The molecule has 0 atom stereocenters. The van der Waals surface area contributed by atoms with Crippen LogP contribution in [0.15, 0.2) is 33.3 Å². The second-order valence-corrected chi connectivity index (χ2v) is 4.71. The first-order chi connectivity index (χ1) is 8.97. The van der Waals surface area contributed by atoms with E-state index in [4.69, 9.17) is 5.11 Å². The first-order valence-corrected chi connectivity index (χ1v) is 6.04. The van der Waals surface area contributed by atoms with E-state index in [1.54, 1.807) is 6.07 Å². The first kappa shape index (κ1) is 13.3. The van der Waals surface area contributed by atoms with Crippen LogP contribution < -0.4 is 5.32 Å². The lowest BCUT2D eigenvalue weighted by Gasteiger charge is -2.06. The number of halogens is 1. The van der Waals surface area contributed by atoms with Crippen LogP contribution in [-0.4, -0.2) is 22.1 Å². The van der Waals surface area contributed by atoms with Gasteiger partial charge in [-0.1, -0.05) is 27.2 Å². The molecule has 0 unspecified atom stereocenters. The lowest BCUT2D eigenvalue weighted by molar-refractivity contribution is 0.0651. The van der Waals surface area contributed by atoms with Crippen LogP contribution in [0, 0.1) is 6.92 Å². The van der Waals surface area contributed by atoms with Gasteiger partial charge < -0.3 is 14.9 Å². The third kappa shape index (κ3) is 3.00. The van der Waals surface area contributed by atoms with Gasteiger partial charge in [-0.2, -0.15) is 0 Å². The van der Waals surface area contributed by atoms with Crippen molar-refractivity contribution in [3.05, 3.63) is 45.8 Å². The van der Waals surface area contributed by atoms with Crippen LogP contribution in [0.25, 0.3) is 0 Å². The number of carbonyl (C=O) groups excluding carboxylic acids is 1. The van der Waals surface area contributed by atoms with Crippen molar-refractivity contribution in [2.24, 2.45) is 0 Å². The number of nitrogens with zero attached hydrogens (tertiary/aromatic N) is 1. The van der Waals surface area contributed by atoms with Gasteiger partial charge in [0.25, 0.3) is 5.91 Å². The summed E-state index contributed by atoms with van der Waals surface area (Å²) in [4.78, 5) is 22.5. The molecule has 0 bridgehead atoms. The average molecular weight is 325 g/mol. The van der Waals surface area contributed by atoms with Gasteiger partial charge in [-0.3, -0.25) is 4.79 Å². The quantitative estimate of drug-likeness (QED) is 0.905. The molecule has 0 spiro atoms. The lowest BCUT2D eigenvalue weighted by Crippen LogP contribution is -2.13. The second kappa shape index (κ2) is 5.23. The fourth-order valence-electron chi connectivity index (χ4n) is 1.40.